The van der Waals surface area contributed by atoms with Gasteiger partial charge in [-0.05, 0) is 37.2 Å². The molecule has 1 aliphatic heterocycles. The van der Waals surface area contributed by atoms with Gasteiger partial charge < -0.3 is 13.7 Å². The Morgan fingerprint density at radius 3 is 2.70 bits per heavy atom. The first-order chi connectivity index (χ1) is 14.9. The minimum atomic E-state index is 0.539. The average Bonchev–Trinajstić information content (AvgIpc) is 3.47. The molecule has 5 heterocycles. The maximum absolute atomic E-state index is 5.73. The predicted molar refractivity (Wildman–Crippen MR) is 116 cm³/mol. The number of thioether (sulfide) groups is 1. The van der Waals surface area contributed by atoms with E-state index < -0.39 is 0 Å². The van der Waals surface area contributed by atoms with Gasteiger partial charge in [0.1, 0.15) is 11.4 Å². The van der Waals surface area contributed by atoms with E-state index in [1.165, 1.54) is 0 Å². The maximum Gasteiger partial charge on any atom is 0.276 e. The second-order valence-corrected chi connectivity index (χ2v) is 8.15. The minimum absolute atomic E-state index is 0.539. The second-order valence-electron chi connectivity index (χ2n) is 7.11. The summed E-state index contributed by atoms with van der Waals surface area (Å²) in [6.45, 7) is 5.09. The highest BCUT2D eigenvalue weighted by Crippen LogP contribution is 2.26. The first-order valence-electron chi connectivity index (χ1n) is 10.0. The molecule has 5 rings (SSSR count). The normalized spacial score (nSPS) is 15.1. The zero-order valence-electron chi connectivity index (χ0n) is 16.5. The molecule has 0 N–H and O–H groups in total. The van der Waals surface area contributed by atoms with Crippen molar-refractivity contribution >= 4 is 28.5 Å². The molecular formula is C21H22N6O2S. The van der Waals surface area contributed by atoms with Gasteiger partial charge in [-0.25, -0.2) is 4.98 Å². The van der Waals surface area contributed by atoms with E-state index in [0.29, 0.717) is 11.1 Å². The standard InChI is InChI=1S/C21H22N6O2S/c1(15-30-21-25-24-20(29-21)16-2-6-22-7-3-16)9-26-10-12-27(13-11-26)19-17-5-14-28-18(17)4-8-23-19/h2-8,14H,1,9-13,15H2. The number of pyridine rings is 2. The molecule has 0 unspecified atom stereocenters. The molecule has 4 aromatic rings. The lowest BCUT2D eigenvalue weighted by Crippen LogP contribution is -2.47. The number of furan rings is 1. The van der Waals surface area contributed by atoms with E-state index in [9.17, 15) is 0 Å². The van der Waals surface area contributed by atoms with Gasteiger partial charge in [0.15, 0.2) is 0 Å². The lowest BCUT2D eigenvalue weighted by molar-refractivity contribution is 0.259. The summed E-state index contributed by atoms with van der Waals surface area (Å²) in [6.07, 6.45) is 8.07. The van der Waals surface area contributed by atoms with E-state index in [1.54, 1.807) is 30.4 Å². The molecule has 0 saturated carbocycles. The van der Waals surface area contributed by atoms with Crippen LogP contribution in [0.25, 0.3) is 22.4 Å². The summed E-state index contributed by atoms with van der Waals surface area (Å²) >= 11 is 1.61. The van der Waals surface area contributed by atoms with Crippen LogP contribution in [0.15, 0.2) is 63.2 Å². The predicted octanol–water partition coefficient (Wildman–Crippen LogP) is 3.58. The van der Waals surface area contributed by atoms with Crippen LogP contribution in [0.5, 0.6) is 0 Å². The Morgan fingerprint density at radius 2 is 1.83 bits per heavy atom. The Morgan fingerprint density at radius 1 is 0.967 bits per heavy atom. The fourth-order valence-electron chi connectivity index (χ4n) is 3.64. The van der Waals surface area contributed by atoms with Crippen molar-refractivity contribution in [3.05, 3.63) is 49.1 Å². The van der Waals surface area contributed by atoms with E-state index in [0.717, 1.165) is 67.2 Å². The molecule has 0 atom stereocenters. The van der Waals surface area contributed by atoms with Crippen molar-refractivity contribution in [1.29, 1.82) is 0 Å². The van der Waals surface area contributed by atoms with Gasteiger partial charge in [0.25, 0.3) is 5.22 Å². The number of hydrogen-bond donors (Lipinski definition) is 0. The molecule has 1 saturated heterocycles. The van der Waals surface area contributed by atoms with Crippen molar-refractivity contribution in [3.8, 4) is 11.5 Å². The van der Waals surface area contributed by atoms with Crippen molar-refractivity contribution in [2.45, 2.75) is 11.6 Å². The van der Waals surface area contributed by atoms with Crippen LogP contribution in [0, 0.1) is 0 Å². The van der Waals surface area contributed by atoms with Gasteiger partial charge in [-0.2, -0.15) is 0 Å². The van der Waals surface area contributed by atoms with E-state index in [4.69, 9.17) is 8.83 Å². The number of aromatic nitrogens is 4. The fraction of sp³-hybridized carbons (Fsp3) is 0.333. The molecule has 0 spiro atoms. The zero-order valence-corrected chi connectivity index (χ0v) is 17.3. The molecule has 154 valence electrons. The Hall–Kier alpha value is -2.91. The SMILES string of the molecule is c1cc(-c2nnc(SCCCN3CCN(c4nccc5occc45)CC3)o2)ccn1. The lowest BCUT2D eigenvalue weighted by atomic mass is 10.2. The minimum Gasteiger partial charge on any atom is -0.464 e. The van der Waals surface area contributed by atoms with E-state index in [1.807, 2.05) is 30.5 Å². The number of piperazine rings is 1. The highest BCUT2D eigenvalue weighted by atomic mass is 32.2. The van der Waals surface area contributed by atoms with Crippen LogP contribution in [0.2, 0.25) is 0 Å². The van der Waals surface area contributed by atoms with Crippen molar-refractivity contribution < 1.29 is 8.83 Å². The van der Waals surface area contributed by atoms with Gasteiger partial charge in [0.2, 0.25) is 5.89 Å². The van der Waals surface area contributed by atoms with Crippen LogP contribution in [0.4, 0.5) is 5.82 Å². The summed E-state index contributed by atoms with van der Waals surface area (Å²) in [6, 6.07) is 7.64. The van der Waals surface area contributed by atoms with E-state index in [2.05, 4.69) is 30.0 Å². The first-order valence-corrected chi connectivity index (χ1v) is 11.0. The van der Waals surface area contributed by atoms with Crippen molar-refractivity contribution in [3.63, 3.8) is 0 Å². The first kappa shape index (κ1) is 19.1. The van der Waals surface area contributed by atoms with Crippen LogP contribution in [0.1, 0.15) is 6.42 Å². The number of nitrogens with zero attached hydrogens (tertiary/aromatic N) is 6. The Labute approximate surface area is 178 Å². The molecule has 1 aliphatic rings. The van der Waals surface area contributed by atoms with Crippen LogP contribution < -0.4 is 4.90 Å². The van der Waals surface area contributed by atoms with Gasteiger partial charge in [-0.15, -0.1) is 10.2 Å². The summed E-state index contributed by atoms with van der Waals surface area (Å²) in [4.78, 5) is 13.4. The molecule has 8 nitrogen and oxygen atoms in total. The maximum atomic E-state index is 5.73. The Balaban J connectivity index is 1.07. The van der Waals surface area contributed by atoms with Gasteiger partial charge in [-0.3, -0.25) is 9.88 Å². The van der Waals surface area contributed by atoms with Crippen molar-refractivity contribution in [1.82, 2.24) is 25.1 Å². The van der Waals surface area contributed by atoms with Gasteiger partial charge in [0.05, 0.1) is 11.6 Å². The quantitative estimate of drug-likeness (QED) is 0.328. The Bertz CT molecular complexity index is 1090. The summed E-state index contributed by atoms with van der Waals surface area (Å²) in [5.74, 6) is 2.52. The van der Waals surface area contributed by atoms with Gasteiger partial charge in [-0.1, -0.05) is 11.8 Å². The number of fused-ring (bicyclic) bond motifs is 1. The molecule has 0 aromatic carbocycles. The lowest BCUT2D eigenvalue weighted by Gasteiger charge is -2.35. The third-order valence-corrected chi connectivity index (χ3v) is 6.11. The van der Waals surface area contributed by atoms with Crippen LogP contribution in [0.3, 0.4) is 0 Å². The third-order valence-electron chi connectivity index (χ3n) is 5.21. The topological polar surface area (TPSA) is 84.3 Å². The summed E-state index contributed by atoms with van der Waals surface area (Å²) in [5.41, 5.74) is 1.79. The summed E-state index contributed by atoms with van der Waals surface area (Å²) < 4.78 is 11.2. The van der Waals surface area contributed by atoms with E-state index >= 15 is 0 Å². The molecule has 4 aromatic heterocycles. The molecule has 0 radical (unpaired) electrons. The molecule has 0 aliphatic carbocycles. The van der Waals surface area contributed by atoms with Crippen LogP contribution in [-0.2, 0) is 0 Å². The number of anilines is 1. The molecule has 1 fully saturated rings. The van der Waals surface area contributed by atoms with Crippen molar-refractivity contribution in [2.75, 3.05) is 43.4 Å². The van der Waals surface area contributed by atoms with Crippen LogP contribution >= 0.6 is 11.8 Å². The van der Waals surface area contributed by atoms with Crippen LogP contribution in [-0.4, -0.2) is 63.5 Å². The molecule has 30 heavy (non-hydrogen) atoms. The number of hydrogen-bond acceptors (Lipinski definition) is 9. The summed E-state index contributed by atoms with van der Waals surface area (Å²) in [5, 5.41) is 9.96. The largest absolute Gasteiger partial charge is 0.464 e. The highest BCUT2D eigenvalue weighted by Gasteiger charge is 2.20. The van der Waals surface area contributed by atoms with E-state index in [-0.39, 0.29) is 0 Å². The molecule has 9 heteroatoms. The third kappa shape index (κ3) is 4.17. The number of rotatable bonds is 7. The molecule has 0 bridgehead atoms. The molecule has 0 amide bonds. The average molecular weight is 423 g/mol. The molecular weight excluding hydrogens is 400 g/mol. The zero-order chi connectivity index (χ0) is 20.2. The second kappa shape index (κ2) is 8.85. The highest BCUT2D eigenvalue weighted by molar-refractivity contribution is 7.99. The summed E-state index contributed by atoms with van der Waals surface area (Å²) in [7, 11) is 0. The smallest absolute Gasteiger partial charge is 0.276 e. The van der Waals surface area contributed by atoms with Crippen molar-refractivity contribution in [2.24, 2.45) is 0 Å². The van der Waals surface area contributed by atoms with Gasteiger partial charge >= 0.3 is 0 Å². The monoisotopic (exact) mass is 422 g/mol. The fourth-order valence-corrected chi connectivity index (χ4v) is 4.33. The van der Waals surface area contributed by atoms with Gasteiger partial charge in [0, 0.05) is 56.1 Å². The Kier molecular flexibility index (Phi) is 5.62.